The molecule has 0 bridgehead atoms. The number of ether oxygens (including phenoxy) is 1. The summed E-state index contributed by atoms with van der Waals surface area (Å²) in [4.78, 5) is 11.5. The quantitative estimate of drug-likeness (QED) is 0.656. The summed E-state index contributed by atoms with van der Waals surface area (Å²) in [5.74, 6) is -0.119. The first-order chi connectivity index (χ1) is 5.95. The van der Waals surface area contributed by atoms with Gasteiger partial charge in [0.1, 0.15) is 5.60 Å². The number of hydrogen-bond acceptors (Lipinski definition) is 3. The lowest BCUT2D eigenvalue weighted by atomic mass is 9.89. The normalized spacial score (nSPS) is 28.0. The molecule has 4 heteroatoms. The molecule has 1 amide bonds. The second kappa shape index (κ2) is 3.64. The van der Waals surface area contributed by atoms with Gasteiger partial charge in [0.2, 0.25) is 0 Å². The first-order valence-electron chi connectivity index (χ1n) is 4.50. The van der Waals surface area contributed by atoms with Crippen molar-refractivity contribution in [2.75, 3.05) is 7.11 Å². The number of aliphatic hydroxyl groups excluding tert-OH is 1. The Morgan fingerprint density at radius 1 is 1.54 bits per heavy atom. The summed E-state index contributed by atoms with van der Waals surface area (Å²) in [5.41, 5.74) is -0.777. The van der Waals surface area contributed by atoms with E-state index in [1.54, 1.807) is 13.8 Å². The van der Waals surface area contributed by atoms with Crippen LogP contribution in [-0.2, 0) is 9.53 Å². The van der Waals surface area contributed by atoms with E-state index in [0.717, 1.165) is 0 Å². The van der Waals surface area contributed by atoms with E-state index in [2.05, 4.69) is 5.32 Å². The average Bonchev–Trinajstić information content (AvgIpc) is 2.01. The van der Waals surface area contributed by atoms with Crippen LogP contribution in [0.2, 0.25) is 0 Å². The summed E-state index contributed by atoms with van der Waals surface area (Å²) < 4.78 is 5.02. The van der Waals surface area contributed by atoms with Gasteiger partial charge < -0.3 is 15.2 Å². The summed E-state index contributed by atoms with van der Waals surface area (Å²) in [7, 11) is 1.51. The second-order valence-electron chi connectivity index (χ2n) is 4.01. The van der Waals surface area contributed by atoms with Crippen LogP contribution in [0.1, 0.15) is 26.7 Å². The molecule has 0 unspecified atom stereocenters. The molecule has 0 aromatic rings. The van der Waals surface area contributed by atoms with Gasteiger partial charge in [-0.1, -0.05) is 0 Å². The van der Waals surface area contributed by atoms with E-state index >= 15 is 0 Å². The number of aliphatic hydroxyl groups is 1. The smallest absolute Gasteiger partial charge is 0.251 e. The van der Waals surface area contributed by atoms with Crippen molar-refractivity contribution in [3.05, 3.63) is 0 Å². The number of rotatable bonds is 3. The minimum atomic E-state index is -0.777. The van der Waals surface area contributed by atoms with Gasteiger partial charge in [0, 0.05) is 13.2 Å². The van der Waals surface area contributed by atoms with Crippen LogP contribution in [0.25, 0.3) is 0 Å². The molecule has 1 fully saturated rings. The molecule has 0 saturated heterocycles. The molecule has 0 aromatic carbocycles. The third-order valence-corrected chi connectivity index (χ3v) is 2.51. The van der Waals surface area contributed by atoms with Crippen LogP contribution in [0, 0.1) is 0 Å². The van der Waals surface area contributed by atoms with Crippen molar-refractivity contribution in [3.63, 3.8) is 0 Å². The number of methoxy groups -OCH3 is 1. The maximum atomic E-state index is 11.5. The van der Waals surface area contributed by atoms with Gasteiger partial charge in [0.25, 0.3) is 5.91 Å². The number of carbonyl (C=O) groups excluding carboxylic acids is 1. The third-order valence-electron chi connectivity index (χ3n) is 2.51. The monoisotopic (exact) mass is 187 g/mol. The molecular weight excluding hydrogens is 170 g/mol. The third kappa shape index (κ3) is 2.42. The molecule has 0 spiro atoms. The maximum absolute atomic E-state index is 11.5. The van der Waals surface area contributed by atoms with E-state index < -0.39 is 5.60 Å². The lowest BCUT2D eigenvalue weighted by Gasteiger charge is -2.34. The molecule has 0 aliphatic heterocycles. The number of amides is 1. The fourth-order valence-corrected chi connectivity index (χ4v) is 1.16. The minimum Gasteiger partial charge on any atom is -0.393 e. The standard InChI is InChI=1S/C9H17NO3/c1-9(2,13-3)8(12)10-6-4-7(11)5-6/h6-7,11H,4-5H2,1-3H3,(H,10,12). The molecule has 0 atom stereocenters. The molecule has 0 radical (unpaired) electrons. The second-order valence-corrected chi connectivity index (χ2v) is 4.01. The lowest BCUT2D eigenvalue weighted by Crippen LogP contribution is -2.53. The zero-order valence-corrected chi connectivity index (χ0v) is 8.33. The van der Waals surface area contributed by atoms with Crippen molar-refractivity contribution >= 4 is 5.91 Å². The Morgan fingerprint density at radius 2 is 2.08 bits per heavy atom. The van der Waals surface area contributed by atoms with Crippen LogP contribution in [0.5, 0.6) is 0 Å². The Bertz CT molecular complexity index is 197. The fraction of sp³-hybridized carbons (Fsp3) is 0.889. The van der Waals surface area contributed by atoms with Gasteiger partial charge in [-0.25, -0.2) is 0 Å². The molecule has 1 rings (SSSR count). The predicted molar refractivity (Wildman–Crippen MR) is 48.3 cm³/mol. The highest BCUT2D eigenvalue weighted by atomic mass is 16.5. The Balaban J connectivity index is 2.33. The zero-order chi connectivity index (χ0) is 10.1. The molecule has 76 valence electrons. The first kappa shape index (κ1) is 10.5. The van der Waals surface area contributed by atoms with Gasteiger partial charge >= 0.3 is 0 Å². The summed E-state index contributed by atoms with van der Waals surface area (Å²) in [6, 6.07) is 0.122. The SMILES string of the molecule is COC(C)(C)C(=O)NC1CC(O)C1. The van der Waals surface area contributed by atoms with Crippen molar-refractivity contribution in [1.29, 1.82) is 0 Å². The zero-order valence-electron chi connectivity index (χ0n) is 8.33. The topological polar surface area (TPSA) is 58.6 Å². The van der Waals surface area contributed by atoms with Gasteiger partial charge in [0.05, 0.1) is 6.10 Å². The van der Waals surface area contributed by atoms with Gasteiger partial charge in [-0.15, -0.1) is 0 Å². The predicted octanol–water partition coefficient (Wildman–Crippen LogP) is 0.0509. The number of carbonyl (C=O) groups is 1. The largest absolute Gasteiger partial charge is 0.393 e. The Morgan fingerprint density at radius 3 is 2.46 bits per heavy atom. The van der Waals surface area contributed by atoms with E-state index in [9.17, 15) is 4.79 Å². The molecule has 1 aliphatic carbocycles. The van der Waals surface area contributed by atoms with Crippen LogP contribution >= 0.6 is 0 Å². The number of hydrogen-bond donors (Lipinski definition) is 2. The summed E-state index contributed by atoms with van der Waals surface area (Å²) in [6.07, 6.45) is 1.08. The molecule has 1 saturated carbocycles. The van der Waals surface area contributed by atoms with E-state index in [1.807, 2.05) is 0 Å². The summed E-state index contributed by atoms with van der Waals surface area (Å²) in [6.45, 7) is 3.44. The van der Waals surface area contributed by atoms with Crippen molar-refractivity contribution in [2.24, 2.45) is 0 Å². The van der Waals surface area contributed by atoms with Gasteiger partial charge in [-0.05, 0) is 26.7 Å². The molecule has 2 N–H and O–H groups in total. The highest BCUT2D eigenvalue weighted by molar-refractivity contribution is 5.84. The van der Waals surface area contributed by atoms with Crippen molar-refractivity contribution in [2.45, 2.75) is 44.4 Å². The Labute approximate surface area is 78.3 Å². The van der Waals surface area contributed by atoms with E-state index in [1.165, 1.54) is 7.11 Å². The minimum absolute atomic E-state index is 0.119. The summed E-state index contributed by atoms with van der Waals surface area (Å²) in [5, 5.41) is 11.8. The molecule has 0 aromatic heterocycles. The van der Waals surface area contributed by atoms with Crippen LogP contribution in [0.3, 0.4) is 0 Å². The van der Waals surface area contributed by atoms with Crippen molar-refractivity contribution < 1.29 is 14.6 Å². The lowest BCUT2D eigenvalue weighted by molar-refractivity contribution is -0.141. The Hall–Kier alpha value is -0.610. The molecule has 0 heterocycles. The average molecular weight is 187 g/mol. The summed E-state index contributed by atoms with van der Waals surface area (Å²) >= 11 is 0. The Kier molecular flexibility index (Phi) is 2.93. The molecule has 1 aliphatic rings. The molecule has 4 nitrogen and oxygen atoms in total. The van der Waals surface area contributed by atoms with Gasteiger partial charge in [0.15, 0.2) is 0 Å². The van der Waals surface area contributed by atoms with Crippen LogP contribution in [-0.4, -0.2) is 35.9 Å². The van der Waals surface area contributed by atoms with Crippen molar-refractivity contribution in [1.82, 2.24) is 5.32 Å². The maximum Gasteiger partial charge on any atom is 0.251 e. The highest BCUT2D eigenvalue weighted by Gasteiger charge is 2.33. The van der Waals surface area contributed by atoms with E-state index in [0.29, 0.717) is 12.8 Å². The van der Waals surface area contributed by atoms with Gasteiger partial charge in [-0.3, -0.25) is 4.79 Å². The van der Waals surface area contributed by atoms with Crippen LogP contribution in [0.4, 0.5) is 0 Å². The first-order valence-corrected chi connectivity index (χ1v) is 4.50. The van der Waals surface area contributed by atoms with Crippen LogP contribution < -0.4 is 5.32 Å². The van der Waals surface area contributed by atoms with Crippen molar-refractivity contribution in [3.8, 4) is 0 Å². The van der Waals surface area contributed by atoms with Crippen LogP contribution in [0.15, 0.2) is 0 Å². The highest BCUT2D eigenvalue weighted by Crippen LogP contribution is 2.20. The van der Waals surface area contributed by atoms with Gasteiger partial charge in [-0.2, -0.15) is 0 Å². The van der Waals surface area contributed by atoms with E-state index in [4.69, 9.17) is 9.84 Å². The molecular formula is C9H17NO3. The fourth-order valence-electron chi connectivity index (χ4n) is 1.16. The molecule has 13 heavy (non-hydrogen) atoms. The van der Waals surface area contributed by atoms with E-state index in [-0.39, 0.29) is 18.1 Å². The number of nitrogens with one attached hydrogen (secondary N) is 1.